The van der Waals surface area contributed by atoms with Gasteiger partial charge in [-0.15, -0.1) is 0 Å². The highest BCUT2D eigenvalue weighted by atomic mass is 16.3. The Morgan fingerprint density at radius 2 is 2.04 bits per heavy atom. The van der Waals surface area contributed by atoms with Crippen LogP contribution in [0, 0.1) is 6.92 Å². The van der Waals surface area contributed by atoms with Crippen molar-refractivity contribution in [2.24, 2.45) is 0 Å². The predicted molar refractivity (Wildman–Crippen MR) is 105 cm³/mol. The molecule has 4 rings (SSSR count). The van der Waals surface area contributed by atoms with Gasteiger partial charge in [0, 0.05) is 31.7 Å². The average molecular weight is 375 g/mol. The third-order valence-electron chi connectivity index (χ3n) is 4.39. The third kappa shape index (κ3) is 3.88. The molecule has 7 nitrogen and oxygen atoms in total. The number of carbonyl (C=O) groups excluding carboxylic acids is 1. The molecule has 0 spiro atoms. The smallest absolute Gasteiger partial charge is 0.255 e. The van der Waals surface area contributed by atoms with Crippen LogP contribution in [-0.2, 0) is 6.54 Å². The number of aryl methyl sites for hydroxylation is 2. The molecule has 3 aromatic heterocycles. The number of nitrogens with zero attached hydrogens (tertiary/aromatic N) is 4. The predicted octanol–water partition coefficient (Wildman–Crippen LogP) is 3.46. The van der Waals surface area contributed by atoms with Crippen molar-refractivity contribution < 1.29 is 9.21 Å². The molecule has 0 aliphatic carbocycles. The molecule has 0 radical (unpaired) electrons. The molecule has 0 atom stereocenters. The number of imidazole rings is 1. The van der Waals surface area contributed by atoms with Crippen LogP contribution >= 0.6 is 0 Å². The lowest BCUT2D eigenvalue weighted by molar-refractivity contribution is 0.0953. The second-order valence-electron chi connectivity index (χ2n) is 6.49. The van der Waals surface area contributed by atoms with Gasteiger partial charge in [0.25, 0.3) is 5.91 Å². The fourth-order valence-electron chi connectivity index (χ4n) is 2.97. The first-order valence-electron chi connectivity index (χ1n) is 9.16. The minimum absolute atomic E-state index is 0.170. The van der Waals surface area contributed by atoms with Crippen molar-refractivity contribution in [3.05, 3.63) is 78.7 Å². The Morgan fingerprint density at radius 1 is 1.18 bits per heavy atom. The maximum absolute atomic E-state index is 12.8. The normalized spacial score (nSPS) is 10.9. The average Bonchev–Trinajstić information content (AvgIpc) is 3.46. The van der Waals surface area contributed by atoms with Crippen LogP contribution in [0.4, 0.5) is 0 Å². The molecular weight excluding hydrogens is 354 g/mol. The Bertz CT molecular complexity index is 1050. The molecule has 0 saturated heterocycles. The van der Waals surface area contributed by atoms with E-state index in [1.165, 1.54) is 0 Å². The summed E-state index contributed by atoms with van der Waals surface area (Å²) in [5.74, 6) is 1.18. The van der Waals surface area contributed by atoms with Gasteiger partial charge >= 0.3 is 0 Å². The van der Waals surface area contributed by atoms with Gasteiger partial charge in [-0.3, -0.25) is 4.79 Å². The molecule has 1 amide bonds. The first-order chi connectivity index (χ1) is 13.7. The lowest BCUT2D eigenvalue weighted by Crippen LogP contribution is -2.25. The quantitative estimate of drug-likeness (QED) is 0.502. The number of benzene rings is 1. The van der Waals surface area contributed by atoms with E-state index in [1.807, 2.05) is 60.2 Å². The van der Waals surface area contributed by atoms with E-state index in [0.717, 1.165) is 24.4 Å². The third-order valence-corrected chi connectivity index (χ3v) is 4.39. The summed E-state index contributed by atoms with van der Waals surface area (Å²) in [5.41, 5.74) is 1.90. The summed E-state index contributed by atoms with van der Waals surface area (Å²) in [5, 5.41) is 7.58. The summed E-state index contributed by atoms with van der Waals surface area (Å²) in [6.07, 6.45) is 7.97. The van der Waals surface area contributed by atoms with Crippen molar-refractivity contribution in [1.29, 1.82) is 0 Å². The molecule has 3 heterocycles. The highest BCUT2D eigenvalue weighted by Gasteiger charge is 2.20. The number of rotatable bonds is 7. The van der Waals surface area contributed by atoms with Crippen molar-refractivity contribution in [1.82, 2.24) is 24.6 Å². The van der Waals surface area contributed by atoms with Crippen molar-refractivity contribution in [2.75, 3.05) is 6.54 Å². The van der Waals surface area contributed by atoms with Gasteiger partial charge in [0.05, 0.1) is 17.6 Å². The molecular formula is C21H21N5O2. The van der Waals surface area contributed by atoms with Crippen molar-refractivity contribution in [3.63, 3.8) is 0 Å². The van der Waals surface area contributed by atoms with Crippen molar-refractivity contribution >= 4 is 5.91 Å². The summed E-state index contributed by atoms with van der Waals surface area (Å²) >= 11 is 0. The van der Waals surface area contributed by atoms with E-state index in [9.17, 15) is 4.79 Å². The molecule has 0 saturated carbocycles. The van der Waals surface area contributed by atoms with Crippen LogP contribution in [0.1, 0.15) is 22.5 Å². The topological polar surface area (TPSA) is 77.9 Å². The molecule has 0 aliphatic rings. The number of nitrogens with one attached hydrogen (secondary N) is 1. The van der Waals surface area contributed by atoms with E-state index in [1.54, 1.807) is 23.4 Å². The fourth-order valence-corrected chi connectivity index (χ4v) is 2.97. The number of carbonyl (C=O) groups is 1. The highest BCUT2D eigenvalue weighted by Crippen LogP contribution is 2.25. The fraction of sp³-hybridized carbons (Fsp3) is 0.190. The monoisotopic (exact) mass is 375 g/mol. The van der Waals surface area contributed by atoms with Crippen molar-refractivity contribution in [3.8, 4) is 17.1 Å². The second-order valence-corrected chi connectivity index (χ2v) is 6.49. The SMILES string of the molecule is Cc1ccc(-c2nn(-c3ccccc3)cc2C(=O)NCCCn2ccnc2)o1. The van der Waals surface area contributed by atoms with E-state index in [0.29, 0.717) is 23.6 Å². The lowest BCUT2D eigenvalue weighted by Gasteiger charge is -2.05. The standard InChI is InChI=1S/C21H21N5O2/c1-16-8-9-19(28-16)20-18(14-26(24-20)17-6-3-2-4-7-17)21(27)23-10-5-12-25-13-11-22-15-25/h2-4,6-9,11,13-15H,5,10,12H2,1H3,(H,23,27). The van der Waals surface area contributed by atoms with Crippen LogP contribution < -0.4 is 5.32 Å². The molecule has 0 bridgehead atoms. The van der Waals surface area contributed by atoms with E-state index in [4.69, 9.17) is 4.42 Å². The van der Waals surface area contributed by atoms with E-state index < -0.39 is 0 Å². The maximum Gasteiger partial charge on any atom is 0.255 e. The van der Waals surface area contributed by atoms with Crippen LogP contribution in [-0.4, -0.2) is 31.8 Å². The minimum Gasteiger partial charge on any atom is -0.460 e. The summed E-state index contributed by atoms with van der Waals surface area (Å²) in [4.78, 5) is 16.8. The molecule has 0 aliphatic heterocycles. The van der Waals surface area contributed by atoms with E-state index in [-0.39, 0.29) is 5.91 Å². The molecule has 1 aromatic carbocycles. The zero-order valence-electron chi connectivity index (χ0n) is 15.6. The second kappa shape index (κ2) is 7.96. The van der Waals surface area contributed by atoms with Gasteiger partial charge in [0.1, 0.15) is 11.5 Å². The number of aromatic nitrogens is 4. The van der Waals surface area contributed by atoms with Gasteiger partial charge in [0.2, 0.25) is 0 Å². The molecule has 7 heteroatoms. The van der Waals surface area contributed by atoms with E-state index >= 15 is 0 Å². The summed E-state index contributed by atoms with van der Waals surface area (Å²) in [6.45, 7) is 3.23. The lowest BCUT2D eigenvalue weighted by atomic mass is 10.2. The number of hydrogen-bond donors (Lipinski definition) is 1. The highest BCUT2D eigenvalue weighted by molar-refractivity contribution is 5.99. The van der Waals surface area contributed by atoms with Crippen LogP contribution in [0.25, 0.3) is 17.1 Å². The van der Waals surface area contributed by atoms with Crippen LogP contribution in [0.15, 0.2) is 71.8 Å². The number of furan rings is 1. The first kappa shape index (κ1) is 17.8. The van der Waals surface area contributed by atoms with Crippen LogP contribution in [0.3, 0.4) is 0 Å². The van der Waals surface area contributed by atoms with Crippen LogP contribution in [0.2, 0.25) is 0 Å². The van der Waals surface area contributed by atoms with Gasteiger partial charge in [-0.1, -0.05) is 18.2 Å². The van der Waals surface area contributed by atoms with Gasteiger partial charge < -0.3 is 14.3 Å². The number of para-hydroxylation sites is 1. The largest absolute Gasteiger partial charge is 0.460 e. The molecule has 0 unspecified atom stereocenters. The Hall–Kier alpha value is -3.61. The van der Waals surface area contributed by atoms with Crippen molar-refractivity contribution in [2.45, 2.75) is 19.9 Å². The van der Waals surface area contributed by atoms with Gasteiger partial charge in [-0.25, -0.2) is 9.67 Å². The first-order valence-corrected chi connectivity index (χ1v) is 9.16. The number of amides is 1. The maximum atomic E-state index is 12.8. The molecule has 4 aromatic rings. The molecule has 142 valence electrons. The zero-order valence-corrected chi connectivity index (χ0v) is 15.6. The number of hydrogen-bond acceptors (Lipinski definition) is 4. The minimum atomic E-state index is -0.170. The zero-order chi connectivity index (χ0) is 19.3. The summed E-state index contributed by atoms with van der Waals surface area (Å²) < 4.78 is 9.40. The Kier molecular flexibility index (Phi) is 5.05. The molecule has 1 N–H and O–H groups in total. The molecule has 28 heavy (non-hydrogen) atoms. The van der Waals surface area contributed by atoms with E-state index in [2.05, 4.69) is 15.4 Å². The van der Waals surface area contributed by atoms with Gasteiger partial charge in [-0.05, 0) is 37.6 Å². The Morgan fingerprint density at radius 3 is 2.75 bits per heavy atom. The van der Waals surface area contributed by atoms with Gasteiger partial charge in [-0.2, -0.15) is 5.10 Å². The molecule has 0 fully saturated rings. The van der Waals surface area contributed by atoms with Gasteiger partial charge in [0.15, 0.2) is 5.76 Å². The Labute approximate surface area is 162 Å². The Balaban J connectivity index is 1.54. The van der Waals surface area contributed by atoms with Crippen LogP contribution in [0.5, 0.6) is 0 Å². The summed E-state index contributed by atoms with van der Waals surface area (Å²) in [7, 11) is 0. The summed E-state index contributed by atoms with van der Waals surface area (Å²) in [6, 6.07) is 13.4.